The number of unbranched alkanes of at least 4 members (excludes halogenated alkanes) is 1. The molecule has 0 saturated heterocycles. The monoisotopic (exact) mass is 540 g/mol. The summed E-state index contributed by atoms with van der Waals surface area (Å²) in [5.41, 5.74) is 1.71. The summed E-state index contributed by atoms with van der Waals surface area (Å²) in [7, 11) is 1.43. The maximum Gasteiger partial charge on any atom is 0.247 e. The van der Waals surface area contributed by atoms with E-state index >= 15 is 0 Å². The highest BCUT2D eigenvalue weighted by atomic mass is 19.1. The molecule has 3 N–H and O–H groups in total. The van der Waals surface area contributed by atoms with Gasteiger partial charge in [-0.1, -0.05) is 25.5 Å². The molecule has 1 heterocycles. The lowest BCUT2D eigenvalue weighted by molar-refractivity contribution is -0.138. The predicted molar refractivity (Wildman–Crippen MR) is 140 cm³/mol. The molecule has 39 heavy (non-hydrogen) atoms. The third-order valence-electron chi connectivity index (χ3n) is 7.10. The van der Waals surface area contributed by atoms with Crippen LogP contribution in [0.5, 0.6) is 11.5 Å². The van der Waals surface area contributed by atoms with E-state index in [0.29, 0.717) is 35.1 Å². The van der Waals surface area contributed by atoms with Gasteiger partial charge in [-0.05, 0) is 42.3 Å². The molecule has 9 nitrogen and oxygen atoms in total. The zero-order chi connectivity index (χ0) is 28.1. The maximum atomic E-state index is 13.6. The summed E-state index contributed by atoms with van der Waals surface area (Å²) in [6.07, 6.45) is 1.66. The number of rotatable bonds is 11. The van der Waals surface area contributed by atoms with Crippen LogP contribution in [0.15, 0.2) is 48.0 Å². The first-order chi connectivity index (χ1) is 18.8. The number of methoxy groups -OCH3 is 1. The summed E-state index contributed by atoms with van der Waals surface area (Å²) in [6.45, 7) is 1.77. The van der Waals surface area contributed by atoms with Gasteiger partial charge in [0, 0.05) is 36.2 Å². The van der Waals surface area contributed by atoms with Crippen molar-refractivity contribution in [1.82, 2.24) is 10.2 Å². The lowest BCUT2D eigenvalue weighted by Crippen LogP contribution is -2.55. The van der Waals surface area contributed by atoms with Gasteiger partial charge in [0.2, 0.25) is 11.8 Å². The molecular formula is C29H33FN2O7. The van der Waals surface area contributed by atoms with Crippen molar-refractivity contribution in [2.45, 2.75) is 56.9 Å². The second-order valence-electron chi connectivity index (χ2n) is 9.65. The van der Waals surface area contributed by atoms with E-state index < -0.39 is 35.9 Å². The van der Waals surface area contributed by atoms with Gasteiger partial charge in [-0.15, -0.1) is 0 Å². The van der Waals surface area contributed by atoms with Crippen LogP contribution in [0.25, 0.3) is 0 Å². The standard InChI is InChI=1S/C29H33FN2O7/c1-3-4-5-24(35)32(15-17-6-8-19(30)9-7-17)22-14-21(29(37)31-10-11-33)25-20-12-18(16-34)13-23(38-2)27(20)39-28(25)26(22)36/h6-9,12-14,16,22,25-26,28,33,36H,3-5,10-11,15H2,1-2H3,(H,31,37). The second kappa shape index (κ2) is 12.4. The summed E-state index contributed by atoms with van der Waals surface area (Å²) in [4.78, 5) is 39.9. The Labute approximate surface area is 226 Å². The largest absolute Gasteiger partial charge is 0.493 e. The minimum atomic E-state index is -1.24. The van der Waals surface area contributed by atoms with Crippen LogP contribution in [-0.4, -0.2) is 71.7 Å². The number of ether oxygens (including phenoxy) is 2. The minimum Gasteiger partial charge on any atom is -0.493 e. The molecule has 2 aromatic rings. The number of hydrogen-bond acceptors (Lipinski definition) is 7. The van der Waals surface area contributed by atoms with Crippen molar-refractivity contribution in [2.75, 3.05) is 20.3 Å². The Kier molecular flexibility index (Phi) is 8.98. The number of nitrogens with one attached hydrogen (secondary N) is 1. The molecule has 2 amide bonds. The normalized spacial score (nSPS) is 21.2. The third kappa shape index (κ3) is 5.81. The Morgan fingerprint density at radius 1 is 1.23 bits per heavy atom. The van der Waals surface area contributed by atoms with E-state index in [1.165, 1.54) is 30.2 Å². The second-order valence-corrected chi connectivity index (χ2v) is 9.65. The lowest BCUT2D eigenvalue weighted by atomic mass is 9.77. The van der Waals surface area contributed by atoms with Crippen molar-refractivity contribution < 1.29 is 38.5 Å². The highest BCUT2D eigenvalue weighted by molar-refractivity contribution is 5.96. The van der Waals surface area contributed by atoms with Gasteiger partial charge in [-0.2, -0.15) is 0 Å². The van der Waals surface area contributed by atoms with E-state index in [2.05, 4.69) is 5.32 Å². The highest BCUT2D eigenvalue weighted by Gasteiger charge is 2.51. The fourth-order valence-corrected chi connectivity index (χ4v) is 5.18. The van der Waals surface area contributed by atoms with Gasteiger partial charge in [0.05, 0.1) is 25.7 Å². The van der Waals surface area contributed by atoms with E-state index in [-0.39, 0.29) is 43.3 Å². The average Bonchev–Trinajstić information content (AvgIpc) is 3.34. The van der Waals surface area contributed by atoms with Crippen molar-refractivity contribution in [2.24, 2.45) is 0 Å². The maximum absolute atomic E-state index is 13.6. The highest BCUT2D eigenvalue weighted by Crippen LogP contribution is 2.51. The van der Waals surface area contributed by atoms with E-state index in [1.54, 1.807) is 24.3 Å². The molecule has 10 heteroatoms. The molecule has 208 valence electrons. The van der Waals surface area contributed by atoms with Gasteiger partial charge in [0.25, 0.3) is 0 Å². The zero-order valence-electron chi connectivity index (χ0n) is 21.9. The topological polar surface area (TPSA) is 125 Å². The molecule has 4 atom stereocenters. The number of benzene rings is 2. The van der Waals surface area contributed by atoms with Crippen LogP contribution in [0.1, 0.15) is 53.6 Å². The number of carbonyl (C=O) groups is 3. The van der Waals surface area contributed by atoms with Crippen LogP contribution in [0.4, 0.5) is 4.39 Å². The average molecular weight is 541 g/mol. The molecule has 0 aromatic heterocycles. The molecule has 4 rings (SSSR count). The Hall–Kier alpha value is -3.76. The number of nitrogens with zero attached hydrogens (tertiary/aromatic N) is 1. The molecule has 0 bridgehead atoms. The first-order valence-corrected chi connectivity index (χ1v) is 13.0. The SMILES string of the molecule is CCCCC(=O)N(Cc1ccc(F)cc1)C1C=C(C(=O)NCCO)C2c3cc(C=O)cc(OC)c3OC2C1O. The quantitative estimate of drug-likeness (QED) is 0.374. The summed E-state index contributed by atoms with van der Waals surface area (Å²) < 4.78 is 25.2. The van der Waals surface area contributed by atoms with Crippen molar-refractivity contribution >= 4 is 18.1 Å². The number of aliphatic hydroxyl groups is 2. The van der Waals surface area contributed by atoms with Gasteiger partial charge in [0.15, 0.2) is 11.5 Å². The van der Waals surface area contributed by atoms with Gasteiger partial charge in [0.1, 0.15) is 24.3 Å². The van der Waals surface area contributed by atoms with Crippen molar-refractivity contribution in [3.8, 4) is 11.5 Å². The summed E-state index contributed by atoms with van der Waals surface area (Å²) in [6, 6.07) is 7.90. The van der Waals surface area contributed by atoms with Crippen molar-refractivity contribution in [1.29, 1.82) is 0 Å². The molecule has 1 aliphatic heterocycles. The van der Waals surface area contributed by atoms with Gasteiger partial charge in [-0.25, -0.2) is 4.39 Å². The first kappa shape index (κ1) is 28.3. The summed E-state index contributed by atoms with van der Waals surface area (Å²) in [5, 5.41) is 23.6. The van der Waals surface area contributed by atoms with Gasteiger partial charge < -0.3 is 29.9 Å². The first-order valence-electron chi connectivity index (χ1n) is 13.0. The molecule has 1 aliphatic carbocycles. The van der Waals surface area contributed by atoms with Crippen LogP contribution in [0.3, 0.4) is 0 Å². The number of aldehydes is 1. The Bertz CT molecular complexity index is 1250. The number of aliphatic hydroxyl groups excluding tert-OH is 2. The zero-order valence-corrected chi connectivity index (χ0v) is 21.9. The lowest BCUT2D eigenvalue weighted by Gasteiger charge is -2.41. The molecule has 2 aromatic carbocycles. The Balaban J connectivity index is 1.80. The van der Waals surface area contributed by atoms with Gasteiger partial charge in [-0.3, -0.25) is 14.4 Å². The van der Waals surface area contributed by atoms with Crippen molar-refractivity contribution in [3.05, 3.63) is 70.6 Å². The van der Waals surface area contributed by atoms with Crippen LogP contribution >= 0.6 is 0 Å². The van der Waals surface area contributed by atoms with Crippen LogP contribution in [0.2, 0.25) is 0 Å². The summed E-state index contributed by atoms with van der Waals surface area (Å²) >= 11 is 0. The molecule has 4 unspecified atom stereocenters. The van der Waals surface area contributed by atoms with E-state index in [9.17, 15) is 29.0 Å². The van der Waals surface area contributed by atoms with Gasteiger partial charge >= 0.3 is 0 Å². The third-order valence-corrected chi connectivity index (χ3v) is 7.10. The summed E-state index contributed by atoms with van der Waals surface area (Å²) in [5.74, 6) is -1.30. The molecule has 2 aliphatic rings. The number of amides is 2. The van der Waals surface area contributed by atoms with E-state index in [1.807, 2.05) is 6.92 Å². The molecular weight excluding hydrogens is 507 g/mol. The van der Waals surface area contributed by atoms with E-state index in [0.717, 1.165) is 6.42 Å². The molecule has 0 radical (unpaired) electrons. The van der Waals surface area contributed by atoms with Crippen LogP contribution in [-0.2, 0) is 16.1 Å². The fraction of sp³-hybridized carbons (Fsp3) is 0.414. The Morgan fingerprint density at radius 2 is 1.97 bits per heavy atom. The Morgan fingerprint density at radius 3 is 2.62 bits per heavy atom. The number of fused-ring (bicyclic) bond motifs is 3. The predicted octanol–water partition coefficient (Wildman–Crippen LogP) is 2.49. The molecule has 0 fully saturated rings. The van der Waals surface area contributed by atoms with E-state index in [4.69, 9.17) is 9.47 Å². The van der Waals surface area contributed by atoms with Crippen LogP contribution in [0, 0.1) is 5.82 Å². The smallest absolute Gasteiger partial charge is 0.247 e. The number of hydrogen-bond donors (Lipinski definition) is 3. The minimum absolute atomic E-state index is 0.000910. The number of halogens is 1. The van der Waals surface area contributed by atoms with Crippen molar-refractivity contribution in [3.63, 3.8) is 0 Å². The van der Waals surface area contributed by atoms with Crippen LogP contribution < -0.4 is 14.8 Å². The number of carbonyl (C=O) groups excluding carboxylic acids is 3. The molecule has 0 saturated carbocycles. The molecule has 0 spiro atoms. The fourth-order valence-electron chi connectivity index (χ4n) is 5.18.